The molecule has 0 saturated heterocycles. The van der Waals surface area contributed by atoms with E-state index < -0.39 is 0 Å². The van der Waals surface area contributed by atoms with E-state index in [0.717, 1.165) is 57.5 Å². The molecule has 4 nitrogen and oxygen atoms in total. The number of fused-ring (bicyclic) bond motifs is 1. The van der Waals surface area contributed by atoms with Crippen molar-refractivity contribution in [3.63, 3.8) is 0 Å². The van der Waals surface area contributed by atoms with E-state index in [-0.39, 0.29) is 0 Å². The number of benzene rings is 2. The molecule has 27 heavy (non-hydrogen) atoms. The summed E-state index contributed by atoms with van der Waals surface area (Å²) in [6, 6.07) is 15.9. The maximum Gasteiger partial charge on any atom is 0.177 e. The summed E-state index contributed by atoms with van der Waals surface area (Å²) in [5.41, 5.74) is 4.13. The second-order valence-corrected chi connectivity index (χ2v) is 7.00. The molecule has 0 radical (unpaired) electrons. The smallest absolute Gasteiger partial charge is 0.177 e. The lowest BCUT2D eigenvalue weighted by atomic mass is 10.1. The normalized spacial score (nSPS) is 11.2. The Morgan fingerprint density at radius 3 is 2.59 bits per heavy atom. The zero-order valence-electron chi connectivity index (χ0n) is 15.4. The molecular formula is C22H21ClN2O2. The third-order valence-corrected chi connectivity index (χ3v) is 5.20. The number of hydrogen-bond acceptors (Lipinski definition) is 3. The van der Waals surface area contributed by atoms with Crippen molar-refractivity contribution in [2.45, 2.75) is 26.8 Å². The van der Waals surface area contributed by atoms with Gasteiger partial charge in [0.25, 0.3) is 0 Å². The van der Waals surface area contributed by atoms with Gasteiger partial charge in [-0.2, -0.15) is 0 Å². The molecular weight excluding hydrogens is 360 g/mol. The van der Waals surface area contributed by atoms with Gasteiger partial charge < -0.3 is 13.7 Å². The minimum atomic E-state index is 0.616. The fourth-order valence-electron chi connectivity index (χ4n) is 3.30. The molecule has 0 atom stereocenters. The van der Waals surface area contributed by atoms with Gasteiger partial charge in [0.2, 0.25) is 0 Å². The summed E-state index contributed by atoms with van der Waals surface area (Å²) in [4.78, 5) is 4.74. The number of aromatic nitrogens is 2. The van der Waals surface area contributed by atoms with Crippen LogP contribution in [0.4, 0.5) is 0 Å². The highest BCUT2D eigenvalue weighted by molar-refractivity contribution is 6.32. The minimum Gasteiger partial charge on any atom is -0.494 e. The largest absolute Gasteiger partial charge is 0.494 e. The summed E-state index contributed by atoms with van der Waals surface area (Å²) in [6.45, 7) is 5.40. The van der Waals surface area contributed by atoms with Gasteiger partial charge >= 0.3 is 0 Å². The highest BCUT2D eigenvalue weighted by atomic mass is 35.5. The third kappa shape index (κ3) is 3.58. The highest BCUT2D eigenvalue weighted by Crippen LogP contribution is 2.27. The molecule has 2 aromatic carbocycles. The van der Waals surface area contributed by atoms with E-state index in [1.54, 1.807) is 6.26 Å². The lowest BCUT2D eigenvalue weighted by molar-refractivity contribution is 0.302. The van der Waals surface area contributed by atoms with Crippen LogP contribution in [0.3, 0.4) is 0 Å². The summed E-state index contributed by atoms with van der Waals surface area (Å²) < 4.78 is 13.7. The standard InChI is InChI=1S/C22H21ClN2O2/c1-15-13-17(14-16(2)21(15)23)26-12-6-10-25-19-8-4-3-7-18(19)24-22(25)20-9-5-11-27-20/h3-5,7-9,11,13-14H,6,10,12H2,1-2H3. The topological polar surface area (TPSA) is 40.2 Å². The van der Waals surface area contributed by atoms with E-state index in [1.807, 2.05) is 56.3 Å². The van der Waals surface area contributed by atoms with Gasteiger partial charge in [0.1, 0.15) is 5.75 Å². The van der Waals surface area contributed by atoms with Gasteiger partial charge in [0.15, 0.2) is 11.6 Å². The van der Waals surface area contributed by atoms with Gasteiger partial charge in [-0.05, 0) is 67.8 Å². The monoisotopic (exact) mass is 380 g/mol. The Bertz CT molecular complexity index is 1040. The summed E-state index contributed by atoms with van der Waals surface area (Å²) in [7, 11) is 0. The van der Waals surface area contributed by atoms with Crippen LogP contribution < -0.4 is 4.74 Å². The third-order valence-electron chi connectivity index (χ3n) is 4.60. The molecule has 0 bridgehead atoms. The Kier molecular flexibility index (Phi) is 4.90. The predicted molar refractivity (Wildman–Crippen MR) is 108 cm³/mol. The number of halogens is 1. The molecule has 0 spiro atoms. The maximum absolute atomic E-state index is 6.23. The molecule has 0 N–H and O–H groups in total. The van der Waals surface area contributed by atoms with Crippen molar-refractivity contribution in [2.75, 3.05) is 6.61 Å². The van der Waals surface area contributed by atoms with Crippen molar-refractivity contribution in [2.24, 2.45) is 0 Å². The molecule has 0 unspecified atom stereocenters. The first kappa shape index (κ1) is 17.7. The Morgan fingerprint density at radius 2 is 1.85 bits per heavy atom. The zero-order chi connectivity index (χ0) is 18.8. The first-order valence-electron chi connectivity index (χ1n) is 9.02. The van der Waals surface area contributed by atoms with Crippen molar-refractivity contribution in [1.82, 2.24) is 9.55 Å². The Labute approximate surface area is 163 Å². The number of para-hydroxylation sites is 2. The molecule has 0 fully saturated rings. The van der Waals surface area contributed by atoms with Crippen molar-refractivity contribution in [1.29, 1.82) is 0 Å². The zero-order valence-corrected chi connectivity index (χ0v) is 16.2. The number of rotatable bonds is 6. The van der Waals surface area contributed by atoms with Crippen molar-refractivity contribution in [3.05, 3.63) is 70.9 Å². The SMILES string of the molecule is Cc1cc(OCCCn2c(-c3ccco3)nc3ccccc32)cc(C)c1Cl. The number of aryl methyl sites for hydroxylation is 3. The van der Waals surface area contributed by atoms with Crippen LogP contribution in [0.5, 0.6) is 5.75 Å². The molecule has 138 valence electrons. The molecule has 0 amide bonds. The van der Waals surface area contributed by atoms with Gasteiger partial charge in [-0.1, -0.05) is 23.7 Å². The number of furan rings is 1. The van der Waals surface area contributed by atoms with E-state index in [1.165, 1.54) is 0 Å². The molecule has 4 rings (SSSR count). The molecule has 5 heteroatoms. The second-order valence-electron chi connectivity index (χ2n) is 6.63. The molecule has 4 aromatic rings. The van der Waals surface area contributed by atoms with Crippen LogP contribution >= 0.6 is 11.6 Å². The molecule has 0 aliphatic carbocycles. The maximum atomic E-state index is 6.23. The summed E-state index contributed by atoms with van der Waals surface area (Å²) in [5, 5.41) is 0.801. The van der Waals surface area contributed by atoms with Gasteiger partial charge in [0, 0.05) is 11.6 Å². The molecule has 2 aromatic heterocycles. The fourth-order valence-corrected chi connectivity index (χ4v) is 3.41. The molecule has 2 heterocycles. The summed E-state index contributed by atoms with van der Waals surface area (Å²) >= 11 is 6.23. The van der Waals surface area contributed by atoms with E-state index in [0.29, 0.717) is 6.61 Å². The fraction of sp³-hybridized carbons (Fsp3) is 0.227. The Morgan fingerprint density at radius 1 is 1.07 bits per heavy atom. The van der Waals surface area contributed by atoms with Crippen LogP contribution in [0, 0.1) is 13.8 Å². The number of imidazole rings is 1. The van der Waals surface area contributed by atoms with E-state index >= 15 is 0 Å². The quantitative estimate of drug-likeness (QED) is 0.383. The van der Waals surface area contributed by atoms with Crippen LogP contribution in [0.25, 0.3) is 22.6 Å². The lowest BCUT2D eigenvalue weighted by Gasteiger charge is -2.11. The summed E-state index contributed by atoms with van der Waals surface area (Å²) in [6.07, 6.45) is 2.53. The Balaban J connectivity index is 1.50. The van der Waals surface area contributed by atoms with E-state index in [9.17, 15) is 0 Å². The van der Waals surface area contributed by atoms with Crippen LogP contribution in [-0.2, 0) is 6.54 Å². The van der Waals surface area contributed by atoms with Gasteiger partial charge in [-0.25, -0.2) is 4.98 Å². The lowest BCUT2D eigenvalue weighted by Crippen LogP contribution is -2.06. The molecule has 0 aliphatic rings. The molecule has 0 aliphatic heterocycles. The minimum absolute atomic E-state index is 0.616. The summed E-state index contributed by atoms with van der Waals surface area (Å²) in [5.74, 6) is 2.48. The van der Waals surface area contributed by atoms with Gasteiger partial charge in [0.05, 0.1) is 23.9 Å². The van der Waals surface area contributed by atoms with Crippen molar-refractivity contribution < 1.29 is 9.15 Å². The van der Waals surface area contributed by atoms with Crippen molar-refractivity contribution in [3.8, 4) is 17.3 Å². The average molecular weight is 381 g/mol. The average Bonchev–Trinajstić information content (AvgIpc) is 3.31. The van der Waals surface area contributed by atoms with Crippen molar-refractivity contribution >= 4 is 22.6 Å². The number of hydrogen-bond donors (Lipinski definition) is 0. The van der Waals surface area contributed by atoms with Crippen LogP contribution in [-0.4, -0.2) is 16.2 Å². The highest BCUT2D eigenvalue weighted by Gasteiger charge is 2.14. The first-order chi connectivity index (χ1) is 13.1. The van der Waals surface area contributed by atoms with Gasteiger partial charge in [-0.15, -0.1) is 0 Å². The molecule has 0 saturated carbocycles. The second kappa shape index (κ2) is 7.49. The predicted octanol–water partition coefficient (Wildman–Crippen LogP) is 6.04. The van der Waals surface area contributed by atoms with Crippen LogP contribution in [0.2, 0.25) is 5.02 Å². The first-order valence-corrected chi connectivity index (χ1v) is 9.40. The van der Waals surface area contributed by atoms with E-state index in [4.69, 9.17) is 25.7 Å². The van der Waals surface area contributed by atoms with Crippen LogP contribution in [0.15, 0.2) is 59.2 Å². The Hall–Kier alpha value is -2.72. The van der Waals surface area contributed by atoms with E-state index in [2.05, 4.69) is 10.6 Å². The van der Waals surface area contributed by atoms with Gasteiger partial charge in [-0.3, -0.25) is 0 Å². The number of ether oxygens (including phenoxy) is 1. The number of nitrogens with zero attached hydrogens (tertiary/aromatic N) is 2. The van der Waals surface area contributed by atoms with Crippen LogP contribution in [0.1, 0.15) is 17.5 Å².